The third kappa shape index (κ3) is 3.47. The fourth-order valence-electron chi connectivity index (χ4n) is 2.65. The van der Waals surface area contributed by atoms with Gasteiger partial charge in [0.15, 0.2) is 5.65 Å². The van der Waals surface area contributed by atoms with E-state index in [1.54, 1.807) is 6.07 Å². The zero-order valence-corrected chi connectivity index (χ0v) is 12.5. The van der Waals surface area contributed by atoms with Crippen molar-refractivity contribution in [1.82, 2.24) is 24.8 Å². The van der Waals surface area contributed by atoms with Gasteiger partial charge in [0, 0.05) is 12.7 Å². The molecule has 1 unspecified atom stereocenters. The predicted octanol–water partition coefficient (Wildman–Crippen LogP) is 1.01. The number of fused-ring (bicyclic) bond motifs is 1. The number of nitrogens with zero attached hydrogens (tertiary/aromatic N) is 4. The summed E-state index contributed by atoms with van der Waals surface area (Å²) in [7, 11) is 0. The van der Waals surface area contributed by atoms with Gasteiger partial charge in [-0.1, -0.05) is 0 Å². The summed E-state index contributed by atoms with van der Waals surface area (Å²) in [6.07, 6.45) is -0.833. The number of halogens is 3. The Morgan fingerprint density at radius 2 is 2.17 bits per heavy atom. The number of carbonyl (C=O) groups excluding carboxylic acids is 2. The van der Waals surface area contributed by atoms with Crippen LogP contribution in [0.15, 0.2) is 24.7 Å². The number of piperidine rings is 1. The summed E-state index contributed by atoms with van der Waals surface area (Å²) < 4.78 is 39.0. The minimum Gasteiger partial charge on any atom is -0.340 e. The van der Waals surface area contributed by atoms with Crippen molar-refractivity contribution in [1.29, 1.82) is 0 Å². The van der Waals surface area contributed by atoms with Gasteiger partial charge < -0.3 is 10.2 Å². The van der Waals surface area contributed by atoms with Gasteiger partial charge >= 0.3 is 6.18 Å². The van der Waals surface area contributed by atoms with Gasteiger partial charge in [-0.15, -0.1) is 10.2 Å². The zero-order valence-electron chi connectivity index (χ0n) is 12.5. The summed E-state index contributed by atoms with van der Waals surface area (Å²) in [5.74, 6) is -1.24. The lowest BCUT2D eigenvalue weighted by molar-refractivity contribution is -0.164. The Morgan fingerprint density at radius 1 is 1.38 bits per heavy atom. The van der Waals surface area contributed by atoms with Crippen LogP contribution in [0.5, 0.6) is 0 Å². The van der Waals surface area contributed by atoms with Crippen LogP contribution in [-0.4, -0.2) is 56.6 Å². The van der Waals surface area contributed by atoms with Crippen LogP contribution >= 0.6 is 0 Å². The molecule has 3 rings (SSSR count). The van der Waals surface area contributed by atoms with Crippen LogP contribution in [0.3, 0.4) is 0 Å². The third-order valence-electron chi connectivity index (χ3n) is 3.76. The van der Waals surface area contributed by atoms with E-state index in [-0.39, 0.29) is 12.1 Å². The lowest BCUT2D eigenvalue weighted by Gasteiger charge is -2.33. The van der Waals surface area contributed by atoms with E-state index in [1.807, 2.05) is 0 Å². The standard InChI is InChI=1S/C14H14F3N5O2/c15-14(16,17)7-21-5-1-2-10(13(21)24)19-12(23)9-3-4-11-20-18-8-22(11)6-9/h3-4,6,8,10H,1-2,5,7H2,(H,19,23). The van der Waals surface area contributed by atoms with Crippen LogP contribution in [-0.2, 0) is 4.79 Å². The van der Waals surface area contributed by atoms with Crippen molar-refractivity contribution < 1.29 is 22.8 Å². The first-order valence-electron chi connectivity index (χ1n) is 7.29. The number of hydrogen-bond donors (Lipinski definition) is 1. The number of pyridine rings is 1. The molecule has 0 saturated carbocycles. The van der Waals surface area contributed by atoms with Crippen molar-refractivity contribution in [2.75, 3.05) is 13.1 Å². The molecule has 0 spiro atoms. The molecule has 1 fully saturated rings. The van der Waals surface area contributed by atoms with Gasteiger partial charge in [-0.3, -0.25) is 14.0 Å². The van der Waals surface area contributed by atoms with Gasteiger partial charge in [-0.25, -0.2) is 0 Å². The molecule has 0 aromatic carbocycles. The van der Waals surface area contributed by atoms with E-state index in [9.17, 15) is 22.8 Å². The monoisotopic (exact) mass is 341 g/mol. The van der Waals surface area contributed by atoms with Crippen LogP contribution in [0.25, 0.3) is 5.65 Å². The van der Waals surface area contributed by atoms with Crippen molar-refractivity contribution in [2.45, 2.75) is 25.1 Å². The van der Waals surface area contributed by atoms with Crippen LogP contribution in [0, 0.1) is 0 Å². The van der Waals surface area contributed by atoms with Gasteiger partial charge in [-0.2, -0.15) is 13.2 Å². The molecule has 128 valence electrons. The minimum atomic E-state index is -4.46. The van der Waals surface area contributed by atoms with Crippen molar-refractivity contribution >= 4 is 17.5 Å². The molecule has 3 heterocycles. The quantitative estimate of drug-likeness (QED) is 0.904. The number of alkyl halides is 3. The lowest BCUT2D eigenvalue weighted by atomic mass is 10.0. The number of carbonyl (C=O) groups is 2. The second-order valence-electron chi connectivity index (χ2n) is 5.56. The van der Waals surface area contributed by atoms with Crippen molar-refractivity contribution in [3.8, 4) is 0 Å². The van der Waals surface area contributed by atoms with Gasteiger partial charge in [0.05, 0.1) is 5.56 Å². The Bertz CT molecular complexity index is 773. The first kappa shape index (κ1) is 16.2. The number of hydrogen-bond acceptors (Lipinski definition) is 4. The predicted molar refractivity (Wildman–Crippen MR) is 76.1 cm³/mol. The highest BCUT2D eigenvalue weighted by atomic mass is 19.4. The average molecular weight is 341 g/mol. The maximum Gasteiger partial charge on any atom is 0.406 e. The highest BCUT2D eigenvalue weighted by Gasteiger charge is 2.37. The number of rotatable bonds is 3. The molecule has 0 bridgehead atoms. The molecule has 1 aliphatic heterocycles. The number of aromatic nitrogens is 3. The average Bonchev–Trinajstić information content (AvgIpc) is 2.97. The summed E-state index contributed by atoms with van der Waals surface area (Å²) in [4.78, 5) is 25.1. The van der Waals surface area contributed by atoms with E-state index >= 15 is 0 Å². The molecule has 2 amide bonds. The number of amides is 2. The third-order valence-corrected chi connectivity index (χ3v) is 3.76. The zero-order chi connectivity index (χ0) is 17.3. The molecule has 1 N–H and O–H groups in total. The molecule has 2 aromatic heterocycles. The van der Waals surface area contributed by atoms with Crippen molar-refractivity contribution in [3.05, 3.63) is 30.2 Å². The minimum absolute atomic E-state index is 0.0391. The number of likely N-dealkylation sites (tertiary alicyclic amines) is 1. The fourth-order valence-corrected chi connectivity index (χ4v) is 2.65. The second kappa shape index (κ2) is 6.10. The Kier molecular flexibility index (Phi) is 4.12. The molecule has 1 saturated heterocycles. The fraction of sp³-hybridized carbons (Fsp3) is 0.429. The van der Waals surface area contributed by atoms with Crippen LogP contribution in [0.4, 0.5) is 13.2 Å². The smallest absolute Gasteiger partial charge is 0.340 e. The van der Waals surface area contributed by atoms with Crippen molar-refractivity contribution in [3.63, 3.8) is 0 Å². The first-order valence-corrected chi connectivity index (χ1v) is 7.29. The summed E-state index contributed by atoms with van der Waals surface area (Å²) in [6.45, 7) is -1.26. The topological polar surface area (TPSA) is 79.6 Å². The normalized spacial score (nSPS) is 18.9. The molecule has 1 aliphatic rings. The van der Waals surface area contributed by atoms with Crippen LogP contribution in [0.1, 0.15) is 23.2 Å². The summed E-state index contributed by atoms with van der Waals surface area (Å²) in [6, 6.07) is 2.14. The molecular formula is C14H14F3N5O2. The Morgan fingerprint density at radius 3 is 2.92 bits per heavy atom. The highest BCUT2D eigenvalue weighted by molar-refractivity contribution is 5.97. The Hall–Kier alpha value is -2.65. The number of nitrogens with one attached hydrogen (secondary N) is 1. The van der Waals surface area contributed by atoms with E-state index in [4.69, 9.17) is 0 Å². The highest BCUT2D eigenvalue weighted by Crippen LogP contribution is 2.20. The molecule has 7 nitrogen and oxygen atoms in total. The summed E-state index contributed by atoms with van der Waals surface area (Å²) in [5, 5.41) is 10.00. The van der Waals surface area contributed by atoms with Gasteiger partial charge in [0.2, 0.25) is 5.91 Å². The summed E-state index contributed by atoms with van der Waals surface area (Å²) >= 11 is 0. The van der Waals surface area contributed by atoms with E-state index in [1.165, 1.54) is 23.0 Å². The van der Waals surface area contributed by atoms with Crippen LogP contribution < -0.4 is 5.32 Å². The summed E-state index contributed by atoms with van der Waals surface area (Å²) in [5.41, 5.74) is 0.819. The second-order valence-corrected chi connectivity index (χ2v) is 5.56. The van der Waals surface area contributed by atoms with E-state index < -0.39 is 30.6 Å². The van der Waals surface area contributed by atoms with E-state index in [0.29, 0.717) is 18.5 Å². The molecule has 2 aromatic rings. The van der Waals surface area contributed by atoms with E-state index in [2.05, 4.69) is 15.5 Å². The molecular weight excluding hydrogens is 327 g/mol. The van der Waals surface area contributed by atoms with E-state index in [0.717, 1.165) is 4.90 Å². The van der Waals surface area contributed by atoms with Gasteiger partial charge in [-0.05, 0) is 25.0 Å². The largest absolute Gasteiger partial charge is 0.406 e. The first-order chi connectivity index (χ1) is 11.3. The molecule has 0 radical (unpaired) electrons. The lowest BCUT2D eigenvalue weighted by Crippen LogP contribution is -2.54. The molecule has 24 heavy (non-hydrogen) atoms. The maximum atomic E-state index is 12.5. The molecule has 1 atom stereocenters. The Balaban J connectivity index is 1.69. The molecule has 10 heteroatoms. The van der Waals surface area contributed by atoms with Gasteiger partial charge in [0.1, 0.15) is 18.9 Å². The Labute approximate surface area is 134 Å². The van der Waals surface area contributed by atoms with Crippen LogP contribution in [0.2, 0.25) is 0 Å². The maximum absolute atomic E-state index is 12.5. The van der Waals surface area contributed by atoms with Crippen molar-refractivity contribution in [2.24, 2.45) is 0 Å². The molecule has 0 aliphatic carbocycles. The SMILES string of the molecule is O=C(NC1CCCN(CC(F)(F)F)C1=O)c1ccc2nncn2c1. The van der Waals surface area contributed by atoms with Gasteiger partial charge in [0.25, 0.3) is 5.91 Å².